The number of nitrogens with one attached hydrogen (secondary N) is 1. The summed E-state index contributed by atoms with van der Waals surface area (Å²) in [7, 11) is 0. The van der Waals surface area contributed by atoms with Gasteiger partial charge >= 0.3 is 6.36 Å². The molecule has 1 fully saturated rings. The van der Waals surface area contributed by atoms with E-state index in [-0.39, 0.29) is 5.75 Å². The Kier molecular flexibility index (Phi) is 4.04. The summed E-state index contributed by atoms with van der Waals surface area (Å²) in [6, 6.07) is 4.99. The van der Waals surface area contributed by atoms with E-state index < -0.39 is 6.36 Å². The second-order valence-electron chi connectivity index (χ2n) is 5.15. The van der Waals surface area contributed by atoms with Gasteiger partial charge in [0.15, 0.2) is 0 Å². The van der Waals surface area contributed by atoms with Gasteiger partial charge in [0.1, 0.15) is 5.75 Å². The maximum Gasteiger partial charge on any atom is 0.573 e. The molecule has 2 atom stereocenters. The molecule has 0 bridgehead atoms. The summed E-state index contributed by atoms with van der Waals surface area (Å²) < 4.78 is 40.6. The van der Waals surface area contributed by atoms with E-state index >= 15 is 0 Å². The van der Waals surface area contributed by atoms with Crippen LogP contribution in [0.15, 0.2) is 18.2 Å². The molecular formula is C14H18F3NO. The number of ether oxygens (including phenoxy) is 1. The molecule has 19 heavy (non-hydrogen) atoms. The zero-order chi connectivity index (χ0) is 14.0. The molecule has 106 valence electrons. The van der Waals surface area contributed by atoms with Crippen molar-refractivity contribution in [1.29, 1.82) is 0 Å². The first-order chi connectivity index (χ1) is 8.87. The molecule has 0 unspecified atom stereocenters. The molecule has 0 aromatic heterocycles. The van der Waals surface area contributed by atoms with Crippen LogP contribution in [-0.2, 0) is 0 Å². The fourth-order valence-electron chi connectivity index (χ4n) is 2.65. The van der Waals surface area contributed by atoms with Crippen molar-refractivity contribution in [3.05, 3.63) is 29.3 Å². The van der Waals surface area contributed by atoms with Crippen LogP contribution in [0.2, 0.25) is 0 Å². The van der Waals surface area contributed by atoms with Crippen molar-refractivity contribution in [3.8, 4) is 5.75 Å². The lowest BCUT2D eigenvalue weighted by Crippen LogP contribution is -2.33. The largest absolute Gasteiger partial charge is 0.573 e. The molecule has 2 rings (SSSR count). The Morgan fingerprint density at radius 2 is 2.05 bits per heavy atom. The Hall–Kier alpha value is -1.23. The number of alkyl halides is 3. The lowest BCUT2D eigenvalue weighted by molar-refractivity contribution is -0.274. The molecule has 0 radical (unpaired) electrons. The zero-order valence-electron chi connectivity index (χ0n) is 11.1. The van der Waals surface area contributed by atoms with E-state index in [4.69, 9.17) is 0 Å². The number of aryl methyl sites for hydroxylation is 1. The van der Waals surface area contributed by atoms with Crippen LogP contribution in [0.5, 0.6) is 5.75 Å². The highest BCUT2D eigenvalue weighted by atomic mass is 19.4. The molecule has 0 spiro atoms. The average molecular weight is 273 g/mol. The van der Waals surface area contributed by atoms with Crippen LogP contribution in [0.3, 0.4) is 0 Å². The van der Waals surface area contributed by atoms with E-state index in [0.717, 1.165) is 25.1 Å². The van der Waals surface area contributed by atoms with Crippen LogP contribution in [0.25, 0.3) is 0 Å². The van der Waals surface area contributed by atoms with Crippen LogP contribution in [0, 0.1) is 12.8 Å². The second kappa shape index (κ2) is 5.41. The molecule has 0 aliphatic carbocycles. The number of rotatable bonds is 2. The molecule has 0 amide bonds. The monoisotopic (exact) mass is 273 g/mol. The minimum Gasteiger partial charge on any atom is -0.406 e. The summed E-state index contributed by atoms with van der Waals surface area (Å²) in [5.41, 5.74) is 1.63. The van der Waals surface area contributed by atoms with Crippen LogP contribution >= 0.6 is 0 Å². The van der Waals surface area contributed by atoms with Crippen molar-refractivity contribution in [1.82, 2.24) is 5.32 Å². The minimum atomic E-state index is -4.63. The molecule has 1 aliphatic rings. The molecule has 1 aromatic rings. The summed E-state index contributed by atoms with van der Waals surface area (Å²) in [5.74, 6) is 0.778. The van der Waals surface area contributed by atoms with Crippen LogP contribution in [0.4, 0.5) is 13.2 Å². The zero-order valence-corrected chi connectivity index (χ0v) is 11.1. The fourth-order valence-corrected chi connectivity index (χ4v) is 2.65. The second-order valence-corrected chi connectivity index (χ2v) is 5.15. The quantitative estimate of drug-likeness (QED) is 0.888. The topological polar surface area (TPSA) is 21.3 Å². The fraction of sp³-hybridized carbons (Fsp3) is 0.571. The maximum absolute atomic E-state index is 12.2. The summed E-state index contributed by atoms with van der Waals surface area (Å²) in [6.07, 6.45) is -3.62. The van der Waals surface area contributed by atoms with Gasteiger partial charge in [-0.15, -0.1) is 13.2 Å². The third-order valence-electron chi connectivity index (χ3n) is 3.64. The first-order valence-electron chi connectivity index (χ1n) is 6.44. The highest BCUT2D eigenvalue weighted by Crippen LogP contribution is 2.34. The van der Waals surface area contributed by atoms with E-state index in [1.807, 2.05) is 6.07 Å². The Bertz CT molecular complexity index is 445. The molecule has 1 aromatic carbocycles. The van der Waals surface area contributed by atoms with E-state index in [1.165, 1.54) is 6.07 Å². The van der Waals surface area contributed by atoms with E-state index in [9.17, 15) is 13.2 Å². The lowest BCUT2D eigenvalue weighted by atomic mass is 9.82. The summed E-state index contributed by atoms with van der Waals surface area (Å²) >= 11 is 0. The minimum absolute atomic E-state index is 0.113. The molecule has 2 nitrogen and oxygen atoms in total. The van der Waals surface area contributed by atoms with Crippen molar-refractivity contribution in [3.63, 3.8) is 0 Å². The van der Waals surface area contributed by atoms with Gasteiger partial charge in [0.05, 0.1) is 0 Å². The average Bonchev–Trinajstić information content (AvgIpc) is 2.31. The highest BCUT2D eigenvalue weighted by molar-refractivity contribution is 5.38. The predicted molar refractivity (Wildman–Crippen MR) is 67.3 cm³/mol. The van der Waals surface area contributed by atoms with Crippen molar-refractivity contribution < 1.29 is 17.9 Å². The van der Waals surface area contributed by atoms with Gasteiger partial charge in [-0.25, -0.2) is 0 Å². The standard InChI is InChI=1S/C14H18F3NO/c1-9-7-11(12-5-6-18-8-10(12)2)3-4-13(9)19-14(15,16)17/h3-4,7,10,12,18H,5-6,8H2,1-2H3/t10-,12+/m1/s1. The van der Waals surface area contributed by atoms with E-state index in [2.05, 4.69) is 17.0 Å². The van der Waals surface area contributed by atoms with E-state index in [0.29, 0.717) is 17.4 Å². The molecular weight excluding hydrogens is 255 g/mol. The predicted octanol–water partition coefficient (Wildman–Crippen LogP) is 3.61. The molecule has 5 heteroatoms. The Morgan fingerprint density at radius 1 is 1.32 bits per heavy atom. The molecule has 1 aliphatic heterocycles. The number of hydrogen-bond donors (Lipinski definition) is 1. The van der Waals surface area contributed by atoms with Crippen LogP contribution in [-0.4, -0.2) is 19.5 Å². The normalized spacial score (nSPS) is 24.3. The van der Waals surface area contributed by atoms with Crippen LogP contribution in [0.1, 0.15) is 30.4 Å². The van der Waals surface area contributed by atoms with Crippen molar-refractivity contribution >= 4 is 0 Å². The van der Waals surface area contributed by atoms with Crippen molar-refractivity contribution in [2.45, 2.75) is 32.5 Å². The van der Waals surface area contributed by atoms with Gasteiger partial charge in [0, 0.05) is 0 Å². The maximum atomic E-state index is 12.2. The van der Waals surface area contributed by atoms with Crippen molar-refractivity contribution in [2.24, 2.45) is 5.92 Å². The molecule has 1 heterocycles. The van der Waals surface area contributed by atoms with Gasteiger partial charge in [0.25, 0.3) is 0 Å². The first kappa shape index (κ1) is 14.2. The van der Waals surface area contributed by atoms with Gasteiger partial charge in [-0.1, -0.05) is 19.1 Å². The SMILES string of the molecule is Cc1cc([C@H]2CCNC[C@H]2C)ccc1OC(F)(F)F. The summed E-state index contributed by atoms with van der Waals surface area (Å²) in [4.78, 5) is 0. The van der Waals surface area contributed by atoms with Crippen LogP contribution < -0.4 is 10.1 Å². The summed E-state index contributed by atoms with van der Waals surface area (Å²) in [6.45, 7) is 5.71. The molecule has 1 N–H and O–H groups in total. The molecule has 0 saturated carbocycles. The molecule has 1 saturated heterocycles. The first-order valence-corrected chi connectivity index (χ1v) is 6.44. The Morgan fingerprint density at radius 3 is 2.63 bits per heavy atom. The smallest absolute Gasteiger partial charge is 0.406 e. The number of halogens is 3. The van der Waals surface area contributed by atoms with Gasteiger partial charge in [-0.2, -0.15) is 0 Å². The van der Waals surface area contributed by atoms with Gasteiger partial charge in [0.2, 0.25) is 0 Å². The van der Waals surface area contributed by atoms with Gasteiger partial charge < -0.3 is 10.1 Å². The van der Waals surface area contributed by atoms with Gasteiger partial charge in [-0.3, -0.25) is 0 Å². The Labute approximate surface area is 111 Å². The third kappa shape index (κ3) is 3.62. The highest BCUT2D eigenvalue weighted by Gasteiger charge is 2.32. The number of benzene rings is 1. The van der Waals surface area contributed by atoms with Crippen molar-refractivity contribution in [2.75, 3.05) is 13.1 Å². The van der Waals surface area contributed by atoms with E-state index in [1.54, 1.807) is 13.0 Å². The number of piperidine rings is 1. The number of hydrogen-bond acceptors (Lipinski definition) is 2. The lowest BCUT2D eigenvalue weighted by Gasteiger charge is -2.30. The Balaban J connectivity index is 2.18. The van der Waals surface area contributed by atoms with Gasteiger partial charge in [-0.05, 0) is 55.5 Å². The third-order valence-corrected chi connectivity index (χ3v) is 3.64. The summed E-state index contributed by atoms with van der Waals surface area (Å²) in [5, 5.41) is 3.32.